The predicted octanol–water partition coefficient (Wildman–Crippen LogP) is 3.63. The van der Waals surface area contributed by atoms with Crippen LogP contribution < -0.4 is 5.32 Å². The molecule has 2 aromatic rings. The molecule has 2 rings (SSSR count). The first kappa shape index (κ1) is 13.3. The van der Waals surface area contributed by atoms with E-state index in [4.69, 9.17) is 0 Å². The number of hydrogen-bond donors (Lipinski definition) is 1. The van der Waals surface area contributed by atoms with Crippen LogP contribution in [0.2, 0.25) is 0 Å². The van der Waals surface area contributed by atoms with Crippen LogP contribution in [-0.2, 0) is 5.41 Å². The normalized spacial score (nSPS) is 11.1. The molecule has 3 nitrogen and oxygen atoms in total. The molecule has 19 heavy (non-hydrogen) atoms. The fraction of sp³-hybridized carbons (Fsp3) is 0.250. The van der Waals surface area contributed by atoms with Crippen LogP contribution in [0.1, 0.15) is 36.8 Å². The molecule has 0 spiro atoms. The molecule has 98 valence electrons. The molecule has 1 amide bonds. The third kappa shape index (κ3) is 3.41. The van der Waals surface area contributed by atoms with E-state index in [9.17, 15) is 4.79 Å². The Labute approximate surface area is 113 Å². The predicted molar refractivity (Wildman–Crippen MR) is 77.3 cm³/mol. The second-order valence-electron chi connectivity index (χ2n) is 5.50. The second kappa shape index (κ2) is 5.22. The number of benzene rings is 1. The van der Waals surface area contributed by atoms with Crippen molar-refractivity contribution in [2.75, 3.05) is 5.32 Å². The van der Waals surface area contributed by atoms with Gasteiger partial charge in [0, 0.05) is 23.0 Å². The summed E-state index contributed by atoms with van der Waals surface area (Å²) in [6, 6.07) is 13.1. The van der Waals surface area contributed by atoms with Crippen molar-refractivity contribution >= 4 is 11.6 Å². The zero-order chi connectivity index (χ0) is 13.9. The molecule has 0 bridgehead atoms. The van der Waals surface area contributed by atoms with E-state index in [1.807, 2.05) is 42.5 Å². The topological polar surface area (TPSA) is 42.0 Å². The number of carbonyl (C=O) groups excluding carboxylic acids is 1. The summed E-state index contributed by atoms with van der Waals surface area (Å²) in [7, 11) is 0. The summed E-state index contributed by atoms with van der Waals surface area (Å²) in [5.41, 5.74) is 2.32. The van der Waals surface area contributed by atoms with Gasteiger partial charge in [0.2, 0.25) is 0 Å². The average Bonchev–Trinajstić information content (AvgIpc) is 2.39. The molecule has 1 aromatic heterocycles. The van der Waals surface area contributed by atoms with E-state index in [0.29, 0.717) is 5.56 Å². The highest BCUT2D eigenvalue weighted by molar-refractivity contribution is 6.04. The molecule has 1 N–H and O–H groups in total. The Balaban J connectivity index is 2.12. The van der Waals surface area contributed by atoms with E-state index in [0.717, 1.165) is 11.4 Å². The van der Waals surface area contributed by atoms with Crippen molar-refractivity contribution in [1.29, 1.82) is 0 Å². The van der Waals surface area contributed by atoms with Crippen molar-refractivity contribution in [1.82, 2.24) is 4.98 Å². The first-order valence-electron chi connectivity index (χ1n) is 6.30. The quantitative estimate of drug-likeness (QED) is 0.889. The number of nitrogens with one attached hydrogen (secondary N) is 1. The Morgan fingerprint density at radius 3 is 2.26 bits per heavy atom. The fourth-order valence-corrected chi connectivity index (χ4v) is 1.70. The van der Waals surface area contributed by atoms with Crippen molar-refractivity contribution in [3.63, 3.8) is 0 Å². The van der Waals surface area contributed by atoms with Crippen molar-refractivity contribution < 1.29 is 4.79 Å². The fourth-order valence-electron chi connectivity index (χ4n) is 1.70. The van der Waals surface area contributed by atoms with E-state index in [1.54, 1.807) is 6.20 Å². The Bertz CT molecular complexity index is 554. The summed E-state index contributed by atoms with van der Waals surface area (Å²) in [6.07, 6.45) is 1.62. The van der Waals surface area contributed by atoms with Crippen molar-refractivity contribution in [3.05, 3.63) is 59.9 Å². The van der Waals surface area contributed by atoms with E-state index in [1.165, 1.54) is 0 Å². The minimum absolute atomic E-state index is 0.00552. The molecule has 0 aliphatic carbocycles. The molecule has 3 heteroatoms. The number of anilines is 1. The summed E-state index contributed by atoms with van der Waals surface area (Å²) in [5.74, 6) is -0.140. The van der Waals surface area contributed by atoms with Crippen LogP contribution in [0.5, 0.6) is 0 Å². The van der Waals surface area contributed by atoms with Crippen LogP contribution in [0.25, 0.3) is 0 Å². The summed E-state index contributed by atoms with van der Waals surface area (Å²) < 4.78 is 0. The highest BCUT2D eigenvalue weighted by Gasteiger charge is 2.15. The van der Waals surface area contributed by atoms with Crippen LogP contribution in [0.15, 0.2) is 48.7 Å². The highest BCUT2D eigenvalue weighted by atomic mass is 16.1. The molecule has 0 saturated carbocycles. The molecular weight excluding hydrogens is 236 g/mol. The summed E-state index contributed by atoms with van der Waals surface area (Å²) in [6.45, 7) is 6.29. The molecule has 0 radical (unpaired) electrons. The lowest BCUT2D eigenvalue weighted by Gasteiger charge is -2.17. The number of rotatable bonds is 2. The van der Waals surface area contributed by atoms with Crippen LogP contribution in [0.3, 0.4) is 0 Å². The standard InChI is InChI=1S/C16H18N2O/c1-16(2,3)14-10-9-12(11-17-14)15(19)18-13-7-5-4-6-8-13/h4-11H,1-3H3,(H,18,19). The Hall–Kier alpha value is -2.16. The monoisotopic (exact) mass is 254 g/mol. The maximum atomic E-state index is 12.0. The minimum Gasteiger partial charge on any atom is -0.322 e. The van der Waals surface area contributed by atoms with Crippen LogP contribution in [0, 0.1) is 0 Å². The van der Waals surface area contributed by atoms with E-state index in [-0.39, 0.29) is 11.3 Å². The number of amides is 1. The SMILES string of the molecule is CC(C)(C)c1ccc(C(=O)Nc2ccccc2)cn1. The Morgan fingerprint density at radius 1 is 1.05 bits per heavy atom. The number of para-hydroxylation sites is 1. The second-order valence-corrected chi connectivity index (χ2v) is 5.50. The third-order valence-electron chi connectivity index (χ3n) is 2.83. The number of hydrogen-bond acceptors (Lipinski definition) is 2. The first-order chi connectivity index (χ1) is 8.97. The number of nitrogens with zero attached hydrogens (tertiary/aromatic N) is 1. The van der Waals surface area contributed by atoms with Crippen LogP contribution in [0.4, 0.5) is 5.69 Å². The van der Waals surface area contributed by atoms with Gasteiger partial charge in [0.1, 0.15) is 0 Å². The van der Waals surface area contributed by atoms with Crippen LogP contribution in [-0.4, -0.2) is 10.9 Å². The van der Waals surface area contributed by atoms with E-state index >= 15 is 0 Å². The van der Waals surface area contributed by atoms with E-state index < -0.39 is 0 Å². The lowest BCUT2D eigenvalue weighted by Crippen LogP contribution is -2.16. The molecule has 0 aliphatic heterocycles. The minimum atomic E-state index is -0.140. The summed E-state index contributed by atoms with van der Waals surface area (Å²) in [5, 5.41) is 2.84. The van der Waals surface area contributed by atoms with Gasteiger partial charge in [-0.05, 0) is 24.3 Å². The summed E-state index contributed by atoms with van der Waals surface area (Å²) >= 11 is 0. The Morgan fingerprint density at radius 2 is 1.74 bits per heavy atom. The zero-order valence-corrected chi connectivity index (χ0v) is 11.5. The molecule has 1 heterocycles. The number of pyridine rings is 1. The maximum Gasteiger partial charge on any atom is 0.257 e. The van der Waals surface area contributed by atoms with Gasteiger partial charge in [-0.3, -0.25) is 9.78 Å². The summed E-state index contributed by atoms with van der Waals surface area (Å²) in [4.78, 5) is 16.4. The maximum absolute atomic E-state index is 12.0. The molecule has 0 aliphatic rings. The molecule has 0 saturated heterocycles. The zero-order valence-electron chi connectivity index (χ0n) is 11.5. The molecule has 0 atom stereocenters. The molecule has 1 aromatic carbocycles. The highest BCUT2D eigenvalue weighted by Crippen LogP contribution is 2.19. The van der Waals surface area contributed by atoms with Crippen LogP contribution >= 0.6 is 0 Å². The van der Waals surface area contributed by atoms with Gasteiger partial charge in [0.25, 0.3) is 5.91 Å². The largest absolute Gasteiger partial charge is 0.322 e. The van der Waals surface area contributed by atoms with Gasteiger partial charge < -0.3 is 5.32 Å². The van der Waals surface area contributed by atoms with Crippen molar-refractivity contribution in [3.8, 4) is 0 Å². The third-order valence-corrected chi connectivity index (χ3v) is 2.83. The van der Waals surface area contributed by atoms with Gasteiger partial charge in [-0.1, -0.05) is 39.0 Å². The van der Waals surface area contributed by atoms with Crippen molar-refractivity contribution in [2.45, 2.75) is 26.2 Å². The van der Waals surface area contributed by atoms with Gasteiger partial charge >= 0.3 is 0 Å². The number of carbonyl (C=O) groups is 1. The van der Waals surface area contributed by atoms with Gasteiger partial charge in [-0.15, -0.1) is 0 Å². The van der Waals surface area contributed by atoms with Gasteiger partial charge in [-0.25, -0.2) is 0 Å². The van der Waals surface area contributed by atoms with Gasteiger partial charge in [0.05, 0.1) is 5.56 Å². The average molecular weight is 254 g/mol. The van der Waals surface area contributed by atoms with Gasteiger partial charge in [-0.2, -0.15) is 0 Å². The van der Waals surface area contributed by atoms with Crippen molar-refractivity contribution in [2.24, 2.45) is 0 Å². The molecule has 0 unspecified atom stereocenters. The van der Waals surface area contributed by atoms with Gasteiger partial charge in [0.15, 0.2) is 0 Å². The smallest absolute Gasteiger partial charge is 0.257 e. The molecular formula is C16H18N2O. The lowest BCUT2D eigenvalue weighted by molar-refractivity contribution is 0.102. The molecule has 0 fully saturated rings. The van der Waals surface area contributed by atoms with E-state index in [2.05, 4.69) is 31.1 Å². The number of aromatic nitrogens is 1. The first-order valence-corrected chi connectivity index (χ1v) is 6.30. The lowest BCUT2D eigenvalue weighted by atomic mass is 9.91. The Kier molecular flexibility index (Phi) is 3.65.